The Kier molecular flexibility index (Phi) is 5.85. The summed E-state index contributed by atoms with van der Waals surface area (Å²) >= 11 is 8.30. The first-order valence-electron chi connectivity index (χ1n) is 10.3. The number of hydrogen-bond acceptors (Lipinski definition) is 2. The number of hydrogen-bond donors (Lipinski definition) is 0. The molecule has 0 saturated carbocycles. The van der Waals surface area contributed by atoms with Crippen LogP contribution in [0.4, 0.5) is 13.2 Å². The minimum absolute atomic E-state index is 0.233. The summed E-state index contributed by atoms with van der Waals surface area (Å²) in [6, 6.07) is 29.9. The number of pyridine rings is 1. The minimum Gasteiger partial charge on any atom is -0.244 e. The zero-order valence-corrected chi connectivity index (χ0v) is 20.4. The van der Waals surface area contributed by atoms with Crippen molar-refractivity contribution in [3.8, 4) is 0 Å². The van der Waals surface area contributed by atoms with Gasteiger partial charge in [-0.15, -0.1) is 0 Å². The van der Waals surface area contributed by atoms with Crippen molar-refractivity contribution in [2.75, 3.05) is 0 Å². The highest BCUT2D eigenvalue weighted by molar-refractivity contribution is 14.1. The van der Waals surface area contributed by atoms with Crippen LogP contribution in [0.25, 0.3) is 10.9 Å². The standard InChI is InChI=1S/C26H16ClF3IN3/c27-23-22-20(16-21(32-23)26(28,29)30)34(33-24(22)31)25(17-10-4-1-5-11-17,18-12-6-2-7-13-18)19-14-8-3-9-15-19/h1-16H. The smallest absolute Gasteiger partial charge is 0.244 e. The van der Waals surface area contributed by atoms with Crippen LogP contribution in [0.5, 0.6) is 0 Å². The lowest BCUT2D eigenvalue weighted by atomic mass is 9.77. The van der Waals surface area contributed by atoms with E-state index in [0.717, 1.165) is 22.8 Å². The molecular formula is C26H16ClF3IN3. The topological polar surface area (TPSA) is 30.7 Å². The number of aromatic nitrogens is 3. The van der Waals surface area contributed by atoms with Gasteiger partial charge in [-0.05, 0) is 45.3 Å². The van der Waals surface area contributed by atoms with Gasteiger partial charge in [0.05, 0.1) is 10.9 Å². The predicted octanol–water partition coefficient (Wildman–Crippen LogP) is 7.55. The Hall–Kier alpha value is -2.91. The molecule has 0 N–H and O–H groups in total. The molecule has 0 fully saturated rings. The van der Waals surface area contributed by atoms with Crippen LogP contribution in [-0.4, -0.2) is 14.8 Å². The molecule has 0 spiro atoms. The minimum atomic E-state index is -4.66. The van der Waals surface area contributed by atoms with E-state index in [2.05, 4.69) is 4.98 Å². The molecule has 34 heavy (non-hydrogen) atoms. The summed E-state index contributed by atoms with van der Waals surface area (Å²) in [5.74, 6) is 0. The molecule has 0 aliphatic rings. The van der Waals surface area contributed by atoms with E-state index in [-0.39, 0.29) is 10.7 Å². The van der Waals surface area contributed by atoms with Crippen molar-refractivity contribution < 1.29 is 13.2 Å². The Morgan fingerprint density at radius 1 is 0.735 bits per heavy atom. The average molecular weight is 590 g/mol. The van der Waals surface area contributed by atoms with Gasteiger partial charge in [0.1, 0.15) is 20.1 Å². The number of halogens is 5. The Labute approximate surface area is 212 Å². The second-order valence-corrected chi connectivity index (χ2v) is 9.08. The lowest BCUT2D eigenvalue weighted by Crippen LogP contribution is -2.38. The maximum absolute atomic E-state index is 13.7. The highest BCUT2D eigenvalue weighted by Gasteiger charge is 2.42. The summed E-state index contributed by atoms with van der Waals surface area (Å²) in [7, 11) is 0. The number of alkyl halides is 3. The summed E-state index contributed by atoms with van der Waals surface area (Å²) in [5, 5.41) is 4.93. The van der Waals surface area contributed by atoms with E-state index in [1.54, 1.807) is 4.68 Å². The van der Waals surface area contributed by atoms with Crippen molar-refractivity contribution in [1.29, 1.82) is 0 Å². The highest BCUT2D eigenvalue weighted by atomic mass is 127. The molecule has 8 heteroatoms. The molecule has 5 rings (SSSR count). The maximum atomic E-state index is 13.7. The van der Waals surface area contributed by atoms with Crippen molar-refractivity contribution in [1.82, 2.24) is 14.8 Å². The van der Waals surface area contributed by atoms with Crippen LogP contribution in [0.1, 0.15) is 22.4 Å². The van der Waals surface area contributed by atoms with Crippen molar-refractivity contribution >= 4 is 45.1 Å². The van der Waals surface area contributed by atoms with Crippen molar-refractivity contribution in [3.63, 3.8) is 0 Å². The number of nitrogens with zero attached hydrogens (tertiary/aromatic N) is 3. The monoisotopic (exact) mass is 589 g/mol. The van der Waals surface area contributed by atoms with E-state index in [1.807, 2.05) is 114 Å². The summed E-state index contributed by atoms with van der Waals surface area (Å²) in [6.45, 7) is 0. The van der Waals surface area contributed by atoms with E-state index in [0.29, 0.717) is 9.09 Å². The maximum Gasteiger partial charge on any atom is 0.433 e. The third-order valence-electron chi connectivity index (χ3n) is 5.76. The van der Waals surface area contributed by atoms with Gasteiger partial charge in [0.15, 0.2) is 0 Å². The molecule has 3 nitrogen and oxygen atoms in total. The first-order chi connectivity index (χ1) is 16.3. The molecule has 5 aromatic rings. The second kappa shape index (κ2) is 8.70. The van der Waals surface area contributed by atoms with Gasteiger partial charge in [0.2, 0.25) is 0 Å². The first kappa shape index (κ1) is 22.9. The number of benzene rings is 3. The van der Waals surface area contributed by atoms with E-state index in [9.17, 15) is 13.2 Å². The number of rotatable bonds is 4. The van der Waals surface area contributed by atoms with Gasteiger partial charge in [-0.3, -0.25) is 0 Å². The van der Waals surface area contributed by atoms with Gasteiger partial charge in [0.25, 0.3) is 0 Å². The van der Waals surface area contributed by atoms with Gasteiger partial charge < -0.3 is 0 Å². The van der Waals surface area contributed by atoms with E-state index < -0.39 is 17.4 Å². The normalized spacial score (nSPS) is 12.3. The van der Waals surface area contributed by atoms with Crippen molar-refractivity contribution in [2.24, 2.45) is 0 Å². The first-order valence-corrected chi connectivity index (χ1v) is 11.8. The average Bonchev–Trinajstić information content (AvgIpc) is 3.18. The van der Waals surface area contributed by atoms with Gasteiger partial charge in [-0.25, -0.2) is 9.67 Å². The van der Waals surface area contributed by atoms with E-state index in [4.69, 9.17) is 16.7 Å². The molecule has 3 aromatic carbocycles. The Bertz CT molecular complexity index is 1360. The SMILES string of the molecule is FC(F)(F)c1cc2c(c(Cl)n1)c(I)nn2C(c1ccccc1)(c1ccccc1)c1ccccc1. The molecule has 0 aliphatic heterocycles. The Morgan fingerprint density at radius 3 is 1.59 bits per heavy atom. The van der Waals surface area contributed by atoms with Crippen LogP contribution in [0.15, 0.2) is 97.1 Å². The van der Waals surface area contributed by atoms with Crippen LogP contribution >= 0.6 is 34.2 Å². The summed E-state index contributed by atoms with van der Waals surface area (Å²) < 4.78 is 43.4. The quantitative estimate of drug-likeness (QED) is 0.123. The largest absolute Gasteiger partial charge is 0.433 e. The summed E-state index contributed by atoms with van der Waals surface area (Å²) in [6.07, 6.45) is -4.66. The molecule has 0 bridgehead atoms. The van der Waals surface area contributed by atoms with Gasteiger partial charge >= 0.3 is 6.18 Å². The van der Waals surface area contributed by atoms with Gasteiger partial charge in [0, 0.05) is 0 Å². The fraction of sp³-hybridized carbons (Fsp3) is 0.0769. The molecule has 170 valence electrons. The third-order valence-corrected chi connectivity index (χ3v) is 6.79. The van der Waals surface area contributed by atoms with Crippen LogP contribution in [0.2, 0.25) is 5.15 Å². The fourth-order valence-corrected chi connectivity index (χ4v) is 5.54. The van der Waals surface area contributed by atoms with Crippen LogP contribution in [0, 0.1) is 3.70 Å². The zero-order valence-electron chi connectivity index (χ0n) is 17.5. The number of fused-ring (bicyclic) bond motifs is 1. The van der Waals surface area contributed by atoms with Gasteiger partial charge in [-0.1, -0.05) is 103 Å². The predicted molar refractivity (Wildman–Crippen MR) is 135 cm³/mol. The molecule has 0 aliphatic carbocycles. The van der Waals surface area contributed by atoms with Crippen LogP contribution in [-0.2, 0) is 11.7 Å². The van der Waals surface area contributed by atoms with Gasteiger partial charge in [-0.2, -0.15) is 18.3 Å². The summed E-state index contributed by atoms with van der Waals surface area (Å²) in [5.41, 5.74) is 0.636. The molecule has 2 heterocycles. The zero-order chi connectivity index (χ0) is 23.9. The third kappa shape index (κ3) is 3.67. The van der Waals surface area contributed by atoms with E-state index >= 15 is 0 Å². The Morgan fingerprint density at radius 2 is 1.18 bits per heavy atom. The summed E-state index contributed by atoms with van der Waals surface area (Å²) in [4.78, 5) is 3.63. The molecule has 0 atom stereocenters. The lowest BCUT2D eigenvalue weighted by molar-refractivity contribution is -0.141. The van der Waals surface area contributed by atoms with E-state index in [1.165, 1.54) is 0 Å². The Balaban J connectivity index is 2.00. The van der Waals surface area contributed by atoms with Crippen LogP contribution in [0.3, 0.4) is 0 Å². The van der Waals surface area contributed by atoms with Crippen LogP contribution < -0.4 is 0 Å². The lowest BCUT2D eigenvalue weighted by Gasteiger charge is -2.37. The molecule has 2 aromatic heterocycles. The molecule has 0 radical (unpaired) electrons. The highest BCUT2D eigenvalue weighted by Crippen LogP contribution is 2.44. The fourth-order valence-electron chi connectivity index (χ4n) is 4.36. The second-order valence-electron chi connectivity index (χ2n) is 7.70. The molecule has 0 amide bonds. The molecule has 0 saturated heterocycles. The van der Waals surface area contributed by atoms with Crippen molar-refractivity contribution in [3.05, 3.63) is 128 Å². The molecular weight excluding hydrogens is 574 g/mol. The van der Waals surface area contributed by atoms with Crippen molar-refractivity contribution in [2.45, 2.75) is 11.7 Å². The molecule has 0 unspecified atom stereocenters.